The van der Waals surface area contributed by atoms with Gasteiger partial charge in [-0.15, -0.1) is 11.8 Å². The van der Waals surface area contributed by atoms with E-state index in [1.807, 2.05) is 18.2 Å². The summed E-state index contributed by atoms with van der Waals surface area (Å²) in [5.41, 5.74) is 4.51. The number of rotatable bonds is 4. The van der Waals surface area contributed by atoms with Crippen LogP contribution in [-0.2, 0) is 17.6 Å². The first kappa shape index (κ1) is 16.0. The van der Waals surface area contributed by atoms with Crippen LogP contribution in [0.1, 0.15) is 11.1 Å². The lowest BCUT2D eigenvalue weighted by Gasteiger charge is -2.07. The Bertz CT molecular complexity index is 876. The van der Waals surface area contributed by atoms with E-state index in [1.54, 1.807) is 11.8 Å². The van der Waals surface area contributed by atoms with Gasteiger partial charge in [-0.3, -0.25) is 9.89 Å². The van der Waals surface area contributed by atoms with E-state index in [-0.39, 0.29) is 11.8 Å². The van der Waals surface area contributed by atoms with Crippen molar-refractivity contribution in [2.75, 3.05) is 11.6 Å². The van der Waals surface area contributed by atoms with E-state index in [4.69, 9.17) is 0 Å². The average molecular weight is 349 g/mol. The van der Waals surface area contributed by atoms with Crippen LogP contribution in [0.4, 0.5) is 5.82 Å². The fraction of sp³-hybridized carbons (Fsp3) is 0.200. The molecule has 5 heteroatoms. The molecule has 126 valence electrons. The van der Waals surface area contributed by atoms with Crippen LogP contribution in [0.5, 0.6) is 0 Å². The van der Waals surface area contributed by atoms with Crippen molar-refractivity contribution in [2.24, 2.45) is 5.92 Å². The Morgan fingerprint density at radius 2 is 1.80 bits per heavy atom. The fourth-order valence-corrected chi connectivity index (χ4v) is 3.68. The van der Waals surface area contributed by atoms with Gasteiger partial charge in [0.2, 0.25) is 5.91 Å². The van der Waals surface area contributed by atoms with Gasteiger partial charge < -0.3 is 5.32 Å². The minimum Gasteiger partial charge on any atom is -0.309 e. The summed E-state index contributed by atoms with van der Waals surface area (Å²) in [6, 6.07) is 18.4. The SMILES string of the molecule is CSc1ccc(-c2cc(NC(=O)C3Cc4ccccc4C3)n[nH]2)cc1. The Labute approximate surface area is 151 Å². The van der Waals surface area contributed by atoms with E-state index in [0.29, 0.717) is 5.82 Å². The number of benzene rings is 2. The van der Waals surface area contributed by atoms with Gasteiger partial charge in [0.25, 0.3) is 0 Å². The molecular weight excluding hydrogens is 330 g/mol. The third-order valence-corrected chi connectivity index (χ3v) is 5.40. The summed E-state index contributed by atoms with van der Waals surface area (Å²) in [5.74, 6) is 0.593. The minimum absolute atomic E-state index is 0.0154. The number of carbonyl (C=O) groups excluding carboxylic acids is 1. The molecule has 0 atom stereocenters. The molecule has 3 aromatic rings. The van der Waals surface area contributed by atoms with Gasteiger partial charge in [-0.05, 0) is 47.9 Å². The number of carbonyl (C=O) groups is 1. The second kappa shape index (κ2) is 6.76. The zero-order valence-corrected chi connectivity index (χ0v) is 14.8. The number of fused-ring (bicyclic) bond motifs is 1. The van der Waals surface area contributed by atoms with Gasteiger partial charge in [0.1, 0.15) is 0 Å². The summed E-state index contributed by atoms with van der Waals surface area (Å²) in [5, 5.41) is 10.2. The molecule has 0 bridgehead atoms. The van der Waals surface area contributed by atoms with Crippen LogP contribution in [0.15, 0.2) is 59.5 Å². The number of aromatic amines is 1. The summed E-state index contributed by atoms with van der Waals surface area (Å²) < 4.78 is 0. The lowest BCUT2D eigenvalue weighted by molar-refractivity contribution is -0.119. The summed E-state index contributed by atoms with van der Waals surface area (Å²) in [6.45, 7) is 0. The quantitative estimate of drug-likeness (QED) is 0.696. The number of aromatic nitrogens is 2. The molecule has 0 aliphatic heterocycles. The number of thioether (sulfide) groups is 1. The van der Waals surface area contributed by atoms with Gasteiger partial charge in [-0.2, -0.15) is 5.10 Å². The van der Waals surface area contributed by atoms with Crippen LogP contribution in [0.25, 0.3) is 11.3 Å². The van der Waals surface area contributed by atoms with Crippen LogP contribution in [-0.4, -0.2) is 22.4 Å². The summed E-state index contributed by atoms with van der Waals surface area (Å²) >= 11 is 1.71. The molecule has 0 radical (unpaired) electrons. The third kappa shape index (κ3) is 3.33. The largest absolute Gasteiger partial charge is 0.309 e. The molecule has 0 saturated carbocycles. The van der Waals surface area contributed by atoms with Crippen molar-refractivity contribution in [1.82, 2.24) is 10.2 Å². The Hall–Kier alpha value is -2.53. The molecule has 1 aliphatic rings. The molecule has 4 rings (SSSR count). The van der Waals surface area contributed by atoms with Crippen molar-refractivity contribution < 1.29 is 4.79 Å². The topological polar surface area (TPSA) is 57.8 Å². The van der Waals surface area contributed by atoms with Crippen molar-refractivity contribution in [1.29, 1.82) is 0 Å². The molecule has 0 fully saturated rings. The Morgan fingerprint density at radius 1 is 1.12 bits per heavy atom. The van der Waals surface area contributed by atoms with Gasteiger partial charge in [0.15, 0.2) is 5.82 Å². The first-order valence-electron chi connectivity index (χ1n) is 8.30. The van der Waals surface area contributed by atoms with Crippen molar-refractivity contribution in [3.63, 3.8) is 0 Å². The summed E-state index contributed by atoms with van der Waals surface area (Å²) in [4.78, 5) is 13.8. The highest BCUT2D eigenvalue weighted by molar-refractivity contribution is 7.98. The molecule has 4 nitrogen and oxygen atoms in total. The van der Waals surface area contributed by atoms with Crippen LogP contribution < -0.4 is 5.32 Å². The van der Waals surface area contributed by atoms with Crippen LogP contribution >= 0.6 is 11.8 Å². The molecule has 0 saturated heterocycles. The van der Waals surface area contributed by atoms with E-state index in [9.17, 15) is 4.79 Å². The first-order chi connectivity index (χ1) is 12.2. The van der Waals surface area contributed by atoms with E-state index in [2.05, 4.69) is 58.2 Å². The number of H-pyrrole nitrogens is 1. The van der Waals surface area contributed by atoms with Crippen molar-refractivity contribution in [3.8, 4) is 11.3 Å². The monoisotopic (exact) mass is 349 g/mol. The molecule has 2 N–H and O–H groups in total. The Balaban J connectivity index is 1.43. The highest BCUT2D eigenvalue weighted by atomic mass is 32.2. The zero-order chi connectivity index (χ0) is 17.2. The molecule has 1 aliphatic carbocycles. The molecule has 25 heavy (non-hydrogen) atoms. The minimum atomic E-state index is -0.0154. The molecule has 1 heterocycles. The van der Waals surface area contributed by atoms with Gasteiger partial charge in [-0.25, -0.2) is 0 Å². The van der Waals surface area contributed by atoms with E-state index < -0.39 is 0 Å². The molecule has 2 aromatic carbocycles. The molecule has 0 unspecified atom stereocenters. The standard InChI is InChI=1S/C20H19N3OS/c1-25-17-8-6-13(7-9-17)18-12-19(23-22-18)21-20(24)16-10-14-4-2-3-5-15(14)11-16/h2-9,12,16H,10-11H2,1H3,(H2,21,22,23,24). The molecule has 0 spiro atoms. The maximum absolute atomic E-state index is 12.5. The number of anilines is 1. The lowest BCUT2D eigenvalue weighted by Crippen LogP contribution is -2.23. The molecule has 1 aromatic heterocycles. The average Bonchev–Trinajstić information content (AvgIpc) is 3.28. The first-order valence-corrected chi connectivity index (χ1v) is 9.53. The second-order valence-electron chi connectivity index (χ2n) is 6.26. The number of amides is 1. The summed E-state index contributed by atoms with van der Waals surface area (Å²) in [7, 11) is 0. The lowest BCUT2D eigenvalue weighted by atomic mass is 10.1. The van der Waals surface area contributed by atoms with Crippen molar-refractivity contribution in [3.05, 3.63) is 65.7 Å². The van der Waals surface area contributed by atoms with Crippen LogP contribution in [0.3, 0.4) is 0 Å². The maximum Gasteiger partial charge on any atom is 0.229 e. The highest BCUT2D eigenvalue weighted by Gasteiger charge is 2.27. The third-order valence-electron chi connectivity index (χ3n) is 4.65. The predicted molar refractivity (Wildman–Crippen MR) is 102 cm³/mol. The van der Waals surface area contributed by atoms with Gasteiger partial charge in [-0.1, -0.05) is 36.4 Å². The number of hydrogen-bond acceptors (Lipinski definition) is 3. The fourth-order valence-electron chi connectivity index (χ4n) is 3.28. The van der Waals surface area contributed by atoms with Crippen LogP contribution in [0.2, 0.25) is 0 Å². The smallest absolute Gasteiger partial charge is 0.229 e. The summed E-state index contributed by atoms with van der Waals surface area (Å²) in [6.07, 6.45) is 3.66. The van der Waals surface area contributed by atoms with Crippen LogP contribution in [0, 0.1) is 5.92 Å². The van der Waals surface area contributed by atoms with E-state index in [1.165, 1.54) is 16.0 Å². The molecule has 1 amide bonds. The van der Waals surface area contributed by atoms with Gasteiger partial charge in [0.05, 0.1) is 5.69 Å². The number of nitrogens with one attached hydrogen (secondary N) is 2. The maximum atomic E-state index is 12.5. The Morgan fingerprint density at radius 3 is 2.44 bits per heavy atom. The van der Waals surface area contributed by atoms with Crippen molar-refractivity contribution >= 4 is 23.5 Å². The van der Waals surface area contributed by atoms with E-state index in [0.717, 1.165) is 24.1 Å². The number of nitrogens with zero attached hydrogens (tertiary/aromatic N) is 1. The molecular formula is C20H19N3OS. The number of hydrogen-bond donors (Lipinski definition) is 2. The highest BCUT2D eigenvalue weighted by Crippen LogP contribution is 2.28. The van der Waals surface area contributed by atoms with Crippen molar-refractivity contribution in [2.45, 2.75) is 17.7 Å². The van der Waals surface area contributed by atoms with E-state index >= 15 is 0 Å². The van der Waals surface area contributed by atoms with Gasteiger partial charge >= 0.3 is 0 Å². The Kier molecular flexibility index (Phi) is 4.32. The normalized spacial score (nSPS) is 13.6. The van der Waals surface area contributed by atoms with Gasteiger partial charge in [0, 0.05) is 16.9 Å². The predicted octanol–water partition coefficient (Wildman–Crippen LogP) is 4.15. The zero-order valence-electron chi connectivity index (χ0n) is 14.0. The second-order valence-corrected chi connectivity index (χ2v) is 7.14.